The highest BCUT2D eigenvalue weighted by Crippen LogP contribution is 2.48. The molecule has 2 aliphatic rings. The number of nitrogens with zero attached hydrogens (tertiary/aromatic N) is 3. The Morgan fingerprint density at radius 3 is 2.67 bits per heavy atom. The van der Waals surface area contributed by atoms with Crippen LogP contribution in [0.25, 0.3) is 11.1 Å². The number of ether oxygens (including phenoxy) is 2. The molecule has 2 aromatic rings. The van der Waals surface area contributed by atoms with E-state index < -0.39 is 17.4 Å². The van der Waals surface area contributed by atoms with Crippen molar-refractivity contribution in [1.29, 1.82) is 5.26 Å². The molecule has 2 N–H and O–H groups in total. The van der Waals surface area contributed by atoms with Crippen LogP contribution in [-0.4, -0.2) is 29.5 Å². The first-order chi connectivity index (χ1) is 15.9. The molecule has 2 aliphatic carbocycles. The highest BCUT2D eigenvalue weighted by atomic mass is 19.1. The van der Waals surface area contributed by atoms with E-state index in [1.165, 1.54) is 31.4 Å². The van der Waals surface area contributed by atoms with Crippen molar-refractivity contribution in [2.75, 3.05) is 13.7 Å². The molecule has 0 spiro atoms. The lowest BCUT2D eigenvalue weighted by molar-refractivity contribution is 0.186. The van der Waals surface area contributed by atoms with E-state index in [0.29, 0.717) is 23.6 Å². The monoisotopic (exact) mass is 454 g/mol. The van der Waals surface area contributed by atoms with Crippen LogP contribution in [-0.2, 0) is 5.67 Å². The fraction of sp³-hybridized carbons (Fsp3) is 0.440. The number of aromatic nitrogens is 2. The van der Waals surface area contributed by atoms with E-state index >= 15 is 4.39 Å². The Labute approximate surface area is 192 Å². The summed E-state index contributed by atoms with van der Waals surface area (Å²) in [5.74, 6) is -1.21. The predicted octanol–water partition coefficient (Wildman–Crippen LogP) is 4.97. The highest BCUT2D eigenvalue weighted by molar-refractivity contribution is 5.74. The summed E-state index contributed by atoms with van der Waals surface area (Å²) in [5.41, 5.74) is 4.68. The Morgan fingerprint density at radius 1 is 1.27 bits per heavy atom. The van der Waals surface area contributed by atoms with Crippen LogP contribution in [0.2, 0.25) is 0 Å². The molecule has 33 heavy (non-hydrogen) atoms. The molecule has 0 amide bonds. The van der Waals surface area contributed by atoms with Crippen molar-refractivity contribution in [1.82, 2.24) is 9.78 Å². The summed E-state index contributed by atoms with van der Waals surface area (Å²) in [4.78, 5) is 0. The molecule has 6 nitrogen and oxygen atoms in total. The van der Waals surface area contributed by atoms with Crippen molar-refractivity contribution in [3.05, 3.63) is 54.0 Å². The molecule has 174 valence electrons. The van der Waals surface area contributed by atoms with E-state index in [4.69, 9.17) is 20.3 Å². The van der Waals surface area contributed by atoms with Gasteiger partial charge in [0, 0.05) is 6.04 Å². The lowest BCUT2D eigenvalue weighted by atomic mass is 9.81. The minimum Gasteiger partial charge on any atom is -0.494 e. The van der Waals surface area contributed by atoms with Crippen LogP contribution in [0.5, 0.6) is 11.6 Å². The molecule has 1 saturated carbocycles. The maximum Gasteiger partial charge on any atom is 0.220 e. The zero-order valence-electron chi connectivity index (χ0n) is 18.8. The Balaban J connectivity index is 1.95. The zero-order chi connectivity index (χ0) is 23.6. The third-order valence-electron chi connectivity index (χ3n) is 6.38. The van der Waals surface area contributed by atoms with Crippen LogP contribution >= 0.6 is 0 Å². The van der Waals surface area contributed by atoms with E-state index in [1.54, 1.807) is 22.9 Å². The lowest BCUT2D eigenvalue weighted by Crippen LogP contribution is -2.30. The molecule has 1 heterocycles. The number of hydrogen-bond donors (Lipinski definition) is 1. The van der Waals surface area contributed by atoms with E-state index in [2.05, 4.69) is 0 Å². The van der Waals surface area contributed by atoms with Gasteiger partial charge >= 0.3 is 0 Å². The van der Waals surface area contributed by atoms with Gasteiger partial charge in [0.25, 0.3) is 0 Å². The molecule has 4 rings (SSSR count). The first kappa shape index (κ1) is 23.0. The minimum absolute atomic E-state index is 0.0332. The van der Waals surface area contributed by atoms with Crippen LogP contribution < -0.4 is 15.2 Å². The summed E-state index contributed by atoms with van der Waals surface area (Å²) in [6.45, 7) is 2.15. The van der Waals surface area contributed by atoms with Gasteiger partial charge in [-0.15, -0.1) is 0 Å². The van der Waals surface area contributed by atoms with Crippen molar-refractivity contribution in [3.8, 4) is 28.8 Å². The second-order valence-corrected chi connectivity index (χ2v) is 8.44. The number of methoxy groups -OCH3 is 1. The standard InChI is InChI=1S/C25H28F2N4O2/c1-3-33-24-22(16-7-12-21(32-2)20(26)14-16)23(25(27)13-5-4-6-17(25)15-28)30-31(24)19-10-8-18(29)9-11-19/h4-7,12-14,17-19H,3,8-11,29H2,1-2H3. The average molecular weight is 455 g/mol. The third kappa shape index (κ3) is 4.13. The van der Waals surface area contributed by atoms with Gasteiger partial charge in [-0.25, -0.2) is 13.5 Å². The largest absolute Gasteiger partial charge is 0.494 e. The van der Waals surface area contributed by atoms with Crippen molar-refractivity contribution in [2.45, 2.75) is 50.4 Å². The van der Waals surface area contributed by atoms with Gasteiger partial charge in [0.1, 0.15) is 11.6 Å². The fourth-order valence-electron chi connectivity index (χ4n) is 4.62. The van der Waals surface area contributed by atoms with Gasteiger partial charge in [0.15, 0.2) is 17.2 Å². The molecule has 0 saturated heterocycles. The van der Waals surface area contributed by atoms with Crippen LogP contribution in [0, 0.1) is 23.1 Å². The number of rotatable bonds is 6. The summed E-state index contributed by atoms with van der Waals surface area (Å²) in [5, 5.41) is 14.4. The van der Waals surface area contributed by atoms with Crippen LogP contribution in [0.15, 0.2) is 42.5 Å². The Morgan fingerprint density at radius 2 is 2.03 bits per heavy atom. The van der Waals surface area contributed by atoms with Crippen LogP contribution in [0.1, 0.15) is 44.3 Å². The maximum atomic E-state index is 16.6. The molecule has 1 aromatic heterocycles. The van der Waals surface area contributed by atoms with Gasteiger partial charge in [0.05, 0.1) is 31.4 Å². The summed E-state index contributed by atoms with van der Waals surface area (Å²) in [7, 11) is 1.38. The average Bonchev–Trinajstić information content (AvgIpc) is 3.20. The molecular formula is C25H28F2N4O2. The van der Waals surface area contributed by atoms with E-state index in [9.17, 15) is 9.65 Å². The van der Waals surface area contributed by atoms with Gasteiger partial charge in [-0.05, 0) is 56.4 Å². The molecule has 1 aromatic carbocycles. The van der Waals surface area contributed by atoms with E-state index in [0.717, 1.165) is 25.7 Å². The number of halogens is 2. The summed E-state index contributed by atoms with van der Waals surface area (Å²) in [6.07, 6.45) is 9.24. The summed E-state index contributed by atoms with van der Waals surface area (Å²) < 4.78 is 44.1. The molecule has 1 fully saturated rings. The zero-order valence-corrected chi connectivity index (χ0v) is 18.8. The first-order valence-corrected chi connectivity index (χ1v) is 11.2. The van der Waals surface area contributed by atoms with E-state index in [-0.39, 0.29) is 23.5 Å². The van der Waals surface area contributed by atoms with Gasteiger partial charge in [-0.2, -0.15) is 10.4 Å². The highest BCUT2D eigenvalue weighted by Gasteiger charge is 2.45. The molecule has 0 radical (unpaired) electrons. The Bertz CT molecular complexity index is 1110. The quantitative estimate of drug-likeness (QED) is 0.666. The third-order valence-corrected chi connectivity index (χ3v) is 6.38. The molecule has 0 aliphatic heterocycles. The topological polar surface area (TPSA) is 86.1 Å². The second-order valence-electron chi connectivity index (χ2n) is 8.44. The predicted molar refractivity (Wildman–Crippen MR) is 121 cm³/mol. The van der Waals surface area contributed by atoms with Gasteiger partial charge in [0.2, 0.25) is 5.88 Å². The van der Waals surface area contributed by atoms with Gasteiger partial charge < -0.3 is 15.2 Å². The Hall–Kier alpha value is -3.18. The lowest BCUT2D eigenvalue weighted by Gasteiger charge is -2.27. The second kappa shape index (κ2) is 9.36. The van der Waals surface area contributed by atoms with Crippen molar-refractivity contribution >= 4 is 0 Å². The number of allylic oxidation sites excluding steroid dienone is 4. The molecule has 0 bridgehead atoms. The molecule has 2 unspecified atom stereocenters. The molecular weight excluding hydrogens is 426 g/mol. The summed E-state index contributed by atoms with van der Waals surface area (Å²) in [6, 6.07) is 6.56. The molecule has 2 atom stereocenters. The van der Waals surface area contributed by atoms with Crippen LogP contribution in [0.3, 0.4) is 0 Å². The molecule has 8 heteroatoms. The number of nitriles is 1. The number of alkyl halides is 1. The fourth-order valence-corrected chi connectivity index (χ4v) is 4.62. The summed E-state index contributed by atoms with van der Waals surface area (Å²) >= 11 is 0. The van der Waals surface area contributed by atoms with Gasteiger partial charge in [-0.3, -0.25) is 0 Å². The number of benzene rings is 1. The number of hydrogen-bond acceptors (Lipinski definition) is 5. The minimum atomic E-state index is -2.20. The first-order valence-electron chi connectivity index (χ1n) is 11.2. The van der Waals surface area contributed by atoms with Crippen molar-refractivity contribution in [2.24, 2.45) is 11.7 Å². The van der Waals surface area contributed by atoms with Gasteiger partial charge in [-0.1, -0.05) is 24.3 Å². The number of nitrogens with two attached hydrogens (primary N) is 1. The van der Waals surface area contributed by atoms with Crippen molar-refractivity contribution < 1.29 is 18.3 Å². The smallest absolute Gasteiger partial charge is 0.220 e. The Kier molecular flexibility index (Phi) is 6.52. The van der Waals surface area contributed by atoms with Crippen LogP contribution in [0.4, 0.5) is 8.78 Å². The van der Waals surface area contributed by atoms with Crippen molar-refractivity contribution in [3.63, 3.8) is 0 Å². The normalized spacial score (nSPS) is 26.7. The maximum absolute atomic E-state index is 16.6. The SMILES string of the molecule is CCOc1c(-c2ccc(OC)c(F)c2)c(C2(F)C=CC=CC2C#N)nn1C1CCC(N)CC1. The van der Waals surface area contributed by atoms with E-state index in [1.807, 2.05) is 13.0 Å².